The van der Waals surface area contributed by atoms with Gasteiger partial charge < -0.3 is 14.1 Å². The summed E-state index contributed by atoms with van der Waals surface area (Å²) in [5.41, 5.74) is 0. The minimum absolute atomic E-state index is 0.149. The lowest BCUT2D eigenvalue weighted by molar-refractivity contribution is -0.135. The molecule has 0 spiro atoms. The third-order valence-electron chi connectivity index (χ3n) is 2.41. The van der Waals surface area contributed by atoms with Crippen molar-refractivity contribution in [1.29, 1.82) is 0 Å². The largest absolute Gasteiger partial charge is 0.423 e. The quantitative estimate of drug-likeness (QED) is 0.681. The van der Waals surface area contributed by atoms with Crippen molar-refractivity contribution < 1.29 is 13.9 Å². The number of aryl methyl sites for hydroxylation is 1. The van der Waals surface area contributed by atoms with Crippen LogP contribution < -0.4 is 0 Å². The first kappa shape index (κ1) is 10.8. The van der Waals surface area contributed by atoms with Crippen molar-refractivity contribution in [3.8, 4) is 0 Å². The van der Waals surface area contributed by atoms with Gasteiger partial charge in [-0.2, -0.15) is 0 Å². The molecule has 0 aromatic carbocycles. The molecule has 0 aliphatic carbocycles. The molecule has 0 bridgehead atoms. The van der Waals surface area contributed by atoms with Gasteiger partial charge in [-0.15, -0.1) is 10.2 Å². The van der Waals surface area contributed by atoms with Crippen molar-refractivity contribution in [1.82, 2.24) is 15.1 Å². The third-order valence-corrected chi connectivity index (χ3v) is 2.41. The standard InChI is InChI=1S/C10H13N3O3/c1-3-9(14)13-4-5-15-6-8(13)10-12-11-7(2)16-10/h3,8H,1,4-6H2,2H3/t8-/m1/s1. The second-order valence-electron chi connectivity index (χ2n) is 3.49. The van der Waals surface area contributed by atoms with Crippen molar-refractivity contribution >= 4 is 5.91 Å². The highest BCUT2D eigenvalue weighted by atomic mass is 16.5. The third kappa shape index (κ3) is 1.96. The van der Waals surface area contributed by atoms with E-state index in [0.717, 1.165) is 0 Å². The van der Waals surface area contributed by atoms with E-state index < -0.39 is 0 Å². The van der Waals surface area contributed by atoms with Crippen molar-refractivity contribution in [2.75, 3.05) is 19.8 Å². The molecule has 0 unspecified atom stereocenters. The molecule has 1 aromatic heterocycles. The van der Waals surface area contributed by atoms with Crippen LogP contribution in [-0.4, -0.2) is 40.8 Å². The van der Waals surface area contributed by atoms with E-state index in [9.17, 15) is 4.79 Å². The summed E-state index contributed by atoms with van der Waals surface area (Å²) in [5.74, 6) is 0.739. The van der Waals surface area contributed by atoms with E-state index >= 15 is 0 Å². The van der Waals surface area contributed by atoms with Crippen LogP contribution in [0.5, 0.6) is 0 Å². The van der Waals surface area contributed by atoms with Gasteiger partial charge in [0.25, 0.3) is 0 Å². The Kier molecular flexibility index (Phi) is 3.00. The molecule has 1 amide bonds. The Hall–Kier alpha value is -1.69. The number of rotatable bonds is 2. The molecule has 1 aromatic rings. The number of carbonyl (C=O) groups excluding carboxylic acids is 1. The van der Waals surface area contributed by atoms with Crippen LogP contribution in [0.3, 0.4) is 0 Å². The summed E-state index contributed by atoms with van der Waals surface area (Å²) in [4.78, 5) is 13.2. The number of hydrogen-bond acceptors (Lipinski definition) is 5. The number of morpholine rings is 1. The molecule has 1 aliphatic heterocycles. The summed E-state index contributed by atoms with van der Waals surface area (Å²) < 4.78 is 10.6. The van der Waals surface area contributed by atoms with Crippen molar-refractivity contribution in [3.63, 3.8) is 0 Å². The average molecular weight is 223 g/mol. The van der Waals surface area contributed by atoms with Gasteiger partial charge in [-0.25, -0.2) is 0 Å². The minimum Gasteiger partial charge on any atom is -0.423 e. The Balaban J connectivity index is 2.22. The number of hydrogen-bond donors (Lipinski definition) is 0. The summed E-state index contributed by atoms with van der Waals surface area (Å²) in [5, 5.41) is 7.66. The molecule has 2 heterocycles. The fourth-order valence-corrected chi connectivity index (χ4v) is 1.64. The molecule has 2 rings (SSSR count). The van der Waals surface area contributed by atoms with Crippen LogP contribution in [0.2, 0.25) is 0 Å². The Morgan fingerprint density at radius 1 is 1.62 bits per heavy atom. The highest BCUT2D eigenvalue weighted by Gasteiger charge is 2.31. The van der Waals surface area contributed by atoms with Crippen molar-refractivity contribution in [3.05, 3.63) is 24.4 Å². The molecule has 0 radical (unpaired) electrons. The monoisotopic (exact) mass is 223 g/mol. The van der Waals surface area contributed by atoms with Gasteiger partial charge in [-0.05, 0) is 6.08 Å². The first-order chi connectivity index (χ1) is 7.72. The molecule has 6 nitrogen and oxygen atoms in total. The summed E-state index contributed by atoms with van der Waals surface area (Å²) in [6.07, 6.45) is 1.28. The second kappa shape index (κ2) is 4.44. The molecule has 1 atom stereocenters. The first-order valence-corrected chi connectivity index (χ1v) is 5.03. The maximum Gasteiger partial charge on any atom is 0.246 e. The highest BCUT2D eigenvalue weighted by molar-refractivity contribution is 5.87. The fraction of sp³-hybridized carbons (Fsp3) is 0.500. The lowest BCUT2D eigenvalue weighted by atomic mass is 10.2. The van der Waals surface area contributed by atoms with Gasteiger partial charge in [0.15, 0.2) is 0 Å². The van der Waals surface area contributed by atoms with E-state index in [1.54, 1.807) is 11.8 Å². The van der Waals surface area contributed by atoms with E-state index in [1.807, 2.05) is 0 Å². The van der Waals surface area contributed by atoms with Gasteiger partial charge in [-0.3, -0.25) is 4.79 Å². The summed E-state index contributed by atoms with van der Waals surface area (Å²) in [6, 6.07) is -0.305. The summed E-state index contributed by atoms with van der Waals surface area (Å²) in [7, 11) is 0. The zero-order valence-electron chi connectivity index (χ0n) is 9.05. The molecule has 1 aliphatic rings. The Labute approximate surface area is 92.9 Å². The fourth-order valence-electron chi connectivity index (χ4n) is 1.64. The number of aromatic nitrogens is 2. The normalized spacial score (nSPS) is 20.8. The number of amides is 1. The van der Waals surface area contributed by atoms with Crippen LogP contribution in [0.1, 0.15) is 17.8 Å². The minimum atomic E-state index is -0.305. The second-order valence-corrected chi connectivity index (χ2v) is 3.49. The van der Waals surface area contributed by atoms with Crippen molar-refractivity contribution in [2.45, 2.75) is 13.0 Å². The summed E-state index contributed by atoms with van der Waals surface area (Å²) >= 11 is 0. The molecule has 6 heteroatoms. The number of ether oxygens (including phenoxy) is 1. The maximum absolute atomic E-state index is 11.6. The zero-order valence-corrected chi connectivity index (χ0v) is 9.05. The lowest BCUT2D eigenvalue weighted by Crippen LogP contribution is -2.42. The SMILES string of the molecule is C=CC(=O)N1CCOC[C@@H]1c1nnc(C)o1. The van der Waals surface area contributed by atoms with E-state index in [-0.39, 0.29) is 11.9 Å². The van der Waals surface area contributed by atoms with Gasteiger partial charge in [0.05, 0.1) is 13.2 Å². The van der Waals surface area contributed by atoms with Crippen LogP contribution in [0.25, 0.3) is 0 Å². The molecule has 1 saturated heterocycles. The van der Waals surface area contributed by atoms with Crippen LogP contribution in [-0.2, 0) is 9.53 Å². The molecule has 0 saturated carbocycles. The highest BCUT2D eigenvalue weighted by Crippen LogP contribution is 2.23. The van der Waals surface area contributed by atoms with Gasteiger partial charge in [0.2, 0.25) is 17.7 Å². The Bertz CT molecular complexity index is 402. The van der Waals surface area contributed by atoms with E-state index in [1.165, 1.54) is 6.08 Å². The van der Waals surface area contributed by atoms with Crippen LogP contribution in [0.15, 0.2) is 17.1 Å². The van der Waals surface area contributed by atoms with Gasteiger partial charge in [0, 0.05) is 13.5 Å². The first-order valence-electron chi connectivity index (χ1n) is 5.03. The molecule has 1 fully saturated rings. The van der Waals surface area contributed by atoms with Gasteiger partial charge in [-0.1, -0.05) is 6.58 Å². The van der Waals surface area contributed by atoms with Gasteiger partial charge >= 0.3 is 0 Å². The average Bonchev–Trinajstić information content (AvgIpc) is 2.75. The summed E-state index contributed by atoms with van der Waals surface area (Å²) in [6.45, 7) is 6.58. The zero-order chi connectivity index (χ0) is 11.5. The molecule has 16 heavy (non-hydrogen) atoms. The van der Waals surface area contributed by atoms with Crippen LogP contribution >= 0.6 is 0 Å². The predicted molar refractivity (Wildman–Crippen MR) is 54.5 cm³/mol. The predicted octanol–water partition coefficient (Wildman–Crippen LogP) is 0.464. The Morgan fingerprint density at radius 3 is 3.06 bits per heavy atom. The van der Waals surface area contributed by atoms with Crippen molar-refractivity contribution in [2.24, 2.45) is 0 Å². The Morgan fingerprint density at radius 2 is 2.44 bits per heavy atom. The smallest absolute Gasteiger partial charge is 0.246 e. The van der Waals surface area contributed by atoms with E-state index in [4.69, 9.17) is 9.15 Å². The van der Waals surface area contributed by atoms with Crippen LogP contribution in [0.4, 0.5) is 0 Å². The topological polar surface area (TPSA) is 68.5 Å². The van der Waals surface area contributed by atoms with Gasteiger partial charge in [0.1, 0.15) is 6.04 Å². The maximum atomic E-state index is 11.6. The van der Waals surface area contributed by atoms with E-state index in [2.05, 4.69) is 16.8 Å². The molecule has 0 N–H and O–H groups in total. The lowest BCUT2D eigenvalue weighted by Gasteiger charge is -2.32. The van der Waals surface area contributed by atoms with Crippen LogP contribution in [0, 0.1) is 6.92 Å². The molecular formula is C10H13N3O3. The van der Waals surface area contributed by atoms with E-state index in [0.29, 0.717) is 31.5 Å². The molecule has 86 valence electrons. The number of nitrogens with zero attached hydrogens (tertiary/aromatic N) is 3. The number of carbonyl (C=O) groups is 1. The molecular weight excluding hydrogens is 210 g/mol.